The Labute approximate surface area is 108 Å². The lowest BCUT2D eigenvalue weighted by molar-refractivity contribution is -0.128. The van der Waals surface area contributed by atoms with Gasteiger partial charge in [-0.2, -0.15) is 0 Å². The molecular formula is C14H19N3O. The molecule has 0 aromatic carbocycles. The van der Waals surface area contributed by atoms with Crippen molar-refractivity contribution in [2.75, 3.05) is 13.1 Å². The molecule has 3 aliphatic heterocycles. The molecule has 3 heterocycles. The summed E-state index contributed by atoms with van der Waals surface area (Å²) in [5.41, 5.74) is 1.89. The highest BCUT2D eigenvalue weighted by atomic mass is 16.2. The predicted molar refractivity (Wildman–Crippen MR) is 70.2 cm³/mol. The van der Waals surface area contributed by atoms with Crippen LogP contribution in [0.2, 0.25) is 0 Å². The third-order valence-electron chi connectivity index (χ3n) is 3.78. The van der Waals surface area contributed by atoms with Crippen LogP contribution in [0.4, 0.5) is 0 Å². The maximum atomic E-state index is 12.4. The minimum Gasteiger partial charge on any atom is -0.356 e. The maximum Gasteiger partial charge on any atom is 0.271 e. The molecule has 0 aromatic heterocycles. The SMILES string of the molecule is CC1=CC=CC2NC(C(=O)N3CCCCC3)=CN12. The van der Waals surface area contributed by atoms with Crippen LogP contribution in [-0.4, -0.2) is 35.0 Å². The zero-order valence-electron chi connectivity index (χ0n) is 10.7. The zero-order chi connectivity index (χ0) is 12.5. The van der Waals surface area contributed by atoms with Gasteiger partial charge in [-0.15, -0.1) is 0 Å². The summed E-state index contributed by atoms with van der Waals surface area (Å²) in [6.45, 7) is 3.85. The van der Waals surface area contributed by atoms with Crippen molar-refractivity contribution in [3.63, 3.8) is 0 Å². The van der Waals surface area contributed by atoms with E-state index in [1.165, 1.54) is 6.42 Å². The predicted octanol–water partition coefficient (Wildman–Crippen LogP) is 1.55. The summed E-state index contributed by atoms with van der Waals surface area (Å²) >= 11 is 0. The molecule has 1 unspecified atom stereocenters. The van der Waals surface area contributed by atoms with Crippen LogP contribution < -0.4 is 5.32 Å². The van der Waals surface area contributed by atoms with E-state index >= 15 is 0 Å². The van der Waals surface area contributed by atoms with Crippen molar-refractivity contribution in [3.05, 3.63) is 35.8 Å². The number of hydrogen-bond donors (Lipinski definition) is 1. The summed E-state index contributed by atoms with van der Waals surface area (Å²) in [7, 11) is 0. The second kappa shape index (κ2) is 4.52. The highest BCUT2D eigenvalue weighted by Gasteiger charge is 2.30. The van der Waals surface area contributed by atoms with E-state index in [-0.39, 0.29) is 12.1 Å². The molecule has 0 aliphatic carbocycles. The van der Waals surface area contributed by atoms with Crippen molar-refractivity contribution in [1.82, 2.24) is 15.1 Å². The molecule has 4 nitrogen and oxygen atoms in total. The Morgan fingerprint density at radius 3 is 2.83 bits per heavy atom. The van der Waals surface area contributed by atoms with E-state index in [4.69, 9.17) is 0 Å². The third-order valence-corrected chi connectivity index (χ3v) is 3.78. The second-order valence-corrected chi connectivity index (χ2v) is 5.09. The lowest BCUT2D eigenvalue weighted by Gasteiger charge is -2.27. The van der Waals surface area contributed by atoms with Gasteiger partial charge in [-0.1, -0.05) is 6.08 Å². The van der Waals surface area contributed by atoms with E-state index in [0.717, 1.165) is 37.3 Å². The number of carbonyl (C=O) groups is 1. The first-order chi connectivity index (χ1) is 8.75. The fraction of sp³-hybridized carbons (Fsp3) is 0.500. The highest BCUT2D eigenvalue weighted by molar-refractivity contribution is 5.93. The number of carbonyl (C=O) groups excluding carboxylic acids is 1. The van der Waals surface area contributed by atoms with Gasteiger partial charge in [0.2, 0.25) is 0 Å². The molecule has 3 aliphatic rings. The van der Waals surface area contributed by atoms with Gasteiger partial charge in [0, 0.05) is 25.0 Å². The Bertz CT molecular complexity index is 444. The van der Waals surface area contributed by atoms with Crippen LogP contribution in [0.25, 0.3) is 0 Å². The van der Waals surface area contributed by atoms with Crippen LogP contribution in [0.1, 0.15) is 26.2 Å². The minimum absolute atomic E-state index is 0.110. The van der Waals surface area contributed by atoms with E-state index in [1.54, 1.807) is 0 Å². The van der Waals surface area contributed by atoms with Crippen LogP contribution in [0, 0.1) is 0 Å². The molecule has 1 amide bonds. The molecule has 0 spiro atoms. The lowest BCUT2D eigenvalue weighted by Crippen LogP contribution is -2.41. The normalized spacial score (nSPS) is 26.4. The molecular weight excluding hydrogens is 226 g/mol. The summed E-state index contributed by atoms with van der Waals surface area (Å²) in [4.78, 5) is 16.4. The molecule has 1 atom stereocenters. The Morgan fingerprint density at radius 1 is 1.33 bits per heavy atom. The van der Waals surface area contributed by atoms with Crippen LogP contribution in [0.3, 0.4) is 0 Å². The number of fused-ring (bicyclic) bond motifs is 1. The van der Waals surface area contributed by atoms with Crippen molar-refractivity contribution in [3.8, 4) is 0 Å². The van der Waals surface area contributed by atoms with Gasteiger partial charge in [0.25, 0.3) is 5.91 Å². The average molecular weight is 245 g/mol. The molecule has 0 radical (unpaired) electrons. The monoisotopic (exact) mass is 245 g/mol. The van der Waals surface area contributed by atoms with Gasteiger partial charge in [-0.25, -0.2) is 0 Å². The molecule has 1 fully saturated rings. The lowest BCUT2D eigenvalue weighted by atomic mass is 10.1. The van der Waals surface area contributed by atoms with Crippen molar-refractivity contribution >= 4 is 5.91 Å². The highest BCUT2D eigenvalue weighted by Crippen LogP contribution is 2.23. The van der Waals surface area contributed by atoms with Gasteiger partial charge in [0.1, 0.15) is 11.9 Å². The Balaban J connectivity index is 1.74. The van der Waals surface area contributed by atoms with Crippen molar-refractivity contribution in [2.45, 2.75) is 32.4 Å². The summed E-state index contributed by atoms with van der Waals surface area (Å²) in [5, 5.41) is 3.29. The molecule has 0 bridgehead atoms. The first kappa shape index (κ1) is 11.4. The number of nitrogens with zero attached hydrogens (tertiary/aromatic N) is 2. The van der Waals surface area contributed by atoms with Gasteiger partial charge < -0.3 is 15.1 Å². The first-order valence-electron chi connectivity index (χ1n) is 6.67. The molecule has 0 aromatic rings. The third kappa shape index (κ3) is 1.92. The van der Waals surface area contributed by atoms with E-state index in [2.05, 4.69) is 29.3 Å². The fourth-order valence-corrected chi connectivity index (χ4v) is 2.72. The van der Waals surface area contributed by atoms with Crippen molar-refractivity contribution < 1.29 is 4.79 Å². The van der Waals surface area contributed by atoms with Crippen molar-refractivity contribution in [1.29, 1.82) is 0 Å². The van der Waals surface area contributed by atoms with Crippen molar-refractivity contribution in [2.24, 2.45) is 0 Å². The van der Waals surface area contributed by atoms with Gasteiger partial charge in [-0.05, 0) is 38.3 Å². The summed E-state index contributed by atoms with van der Waals surface area (Å²) in [6, 6.07) is 0. The topological polar surface area (TPSA) is 35.6 Å². The Kier molecular flexibility index (Phi) is 2.86. The van der Waals surface area contributed by atoms with E-state index in [0.29, 0.717) is 0 Å². The first-order valence-corrected chi connectivity index (χ1v) is 6.67. The summed E-state index contributed by atoms with van der Waals surface area (Å²) < 4.78 is 0. The van der Waals surface area contributed by atoms with Gasteiger partial charge in [-0.3, -0.25) is 4.79 Å². The number of likely N-dealkylation sites (tertiary alicyclic amines) is 1. The molecule has 0 saturated carbocycles. The van der Waals surface area contributed by atoms with E-state index < -0.39 is 0 Å². The molecule has 4 heteroatoms. The van der Waals surface area contributed by atoms with Crippen LogP contribution in [0.15, 0.2) is 35.8 Å². The number of nitrogens with one attached hydrogen (secondary N) is 1. The summed E-state index contributed by atoms with van der Waals surface area (Å²) in [6.07, 6.45) is 11.7. The quantitative estimate of drug-likeness (QED) is 0.761. The standard InChI is InChI=1S/C14H19N3O/c1-11-6-5-7-13-15-12(10-17(11)13)14(18)16-8-3-2-4-9-16/h5-7,10,13,15H,2-4,8-9H2,1H3. The van der Waals surface area contributed by atoms with E-state index in [1.807, 2.05) is 17.2 Å². The number of hydrogen-bond acceptors (Lipinski definition) is 3. The number of piperidine rings is 1. The molecule has 96 valence electrons. The smallest absolute Gasteiger partial charge is 0.271 e. The zero-order valence-corrected chi connectivity index (χ0v) is 10.7. The fourth-order valence-electron chi connectivity index (χ4n) is 2.72. The molecule has 1 N–H and O–H groups in total. The average Bonchev–Trinajstić information content (AvgIpc) is 2.84. The van der Waals surface area contributed by atoms with Gasteiger partial charge in [0.15, 0.2) is 0 Å². The summed E-state index contributed by atoms with van der Waals surface area (Å²) in [5.74, 6) is 0.144. The maximum absolute atomic E-state index is 12.4. The number of allylic oxidation sites excluding steroid dienone is 3. The number of rotatable bonds is 1. The largest absolute Gasteiger partial charge is 0.356 e. The van der Waals surface area contributed by atoms with E-state index in [9.17, 15) is 4.79 Å². The van der Waals surface area contributed by atoms with Gasteiger partial charge in [0.05, 0.1) is 0 Å². The number of amides is 1. The minimum atomic E-state index is 0.110. The van der Waals surface area contributed by atoms with Crippen LogP contribution in [0.5, 0.6) is 0 Å². The molecule has 18 heavy (non-hydrogen) atoms. The Morgan fingerprint density at radius 2 is 2.11 bits per heavy atom. The van der Waals surface area contributed by atoms with Crippen LogP contribution in [-0.2, 0) is 4.79 Å². The Hall–Kier alpha value is -1.71. The van der Waals surface area contributed by atoms with Crippen LogP contribution >= 0.6 is 0 Å². The van der Waals surface area contributed by atoms with Gasteiger partial charge >= 0.3 is 0 Å². The molecule has 3 rings (SSSR count). The molecule has 1 saturated heterocycles. The second-order valence-electron chi connectivity index (χ2n) is 5.09.